The van der Waals surface area contributed by atoms with Gasteiger partial charge in [-0.1, -0.05) is 11.8 Å². The molecule has 0 aromatic heterocycles. The Morgan fingerprint density at radius 3 is 2.54 bits per heavy atom. The molecule has 0 amide bonds. The van der Waals surface area contributed by atoms with E-state index in [0.717, 1.165) is 5.56 Å². The predicted molar refractivity (Wildman–Crippen MR) is 48.2 cm³/mol. The van der Waals surface area contributed by atoms with Gasteiger partial charge in [-0.25, -0.2) is 4.79 Å². The summed E-state index contributed by atoms with van der Waals surface area (Å²) in [5, 5.41) is 8.42. The average Bonchev–Trinajstić information content (AvgIpc) is 2.17. The van der Waals surface area contributed by atoms with Crippen molar-refractivity contribution in [2.24, 2.45) is 4.99 Å². The van der Waals surface area contributed by atoms with Gasteiger partial charge in [0, 0.05) is 5.56 Å². The Morgan fingerprint density at radius 2 is 2.00 bits per heavy atom. The molecule has 0 saturated heterocycles. The number of rotatable bonds is 1. The van der Waals surface area contributed by atoms with E-state index in [9.17, 15) is 4.79 Å². The van der Waals surface area contributed by atoms with Crippen molar-refractivity contribution in [1.82, 2.24) is 0 Å². The van der Waals surface area contributed by atoms with Gasteiger partial charge in [-0.3, -0.25) is 0 Å². The van der Waals surface area contributed by atoms with Crippen LogP contribution in [0.5, 0.6) is 0 Å². The number of hydrogen-bond acceptors (Lipinski definition) is 3. The van der Waals surface area contributed by atoms with Gasteiger partial charge < -0.3 is 5.11 Å². The summed E-state index contributed by atoms with van der Waals surface area (Å²) in [6.07, 6.45) is 1.45. The number of aliphatic hydroxyl groups is 1. The summed E-state index contributed by atoms with van der Waals surface area (Å²) >= 11 is 0. The van der Waals surface area contributed by atoms with Crippen molar-refractivity contribution in [2.75, 3.05) is 6.61 Å². The van der Waals surface area contributed by atoms with Gasteiger partial charge in [0.25, 0.3) is 0 Å². The minimum absolute atomic E-state index is 0.158. The quantitative estimate of drug-likeness (QED) is 0.391. The number of aliphatic imine (C=N–C) groups is 1. The molecule has 0 radical (unpaired) electrons. The third-order valence-corrected chi connectivity index (χ3v) is 1.35. The number of carbonyl (C=O) groups excluding carboxylic acids is 1. The molecule has 13 heavy (non-hydrogen) atoms. The van der Waals surface area contributed by atoms with Crippen molar-refractivity contribution in [3.63, 3.8) is 0 Å². The van der Waals surface area contributed by atoms with E-state index in [4.69, 9.17) is 5.11 Å². The molecular weight excluding hydrogens is 166 g/mol. The van der Waals surface area contributed by atoms with Crippen LogP contribution in [0.3, 0.4) is 0 Å². The van der Waals surface area contributed by atoms with E-state index >= 15 is 0 Å². The lowest BCUT2D eigenvalue weighted by molar-refractivity contribution is 0.350. The largest absolute Gasteiger partial charge is 0.384 e. The summed E-state index contributed by atoms with van der Waals surface area (Å²) in [5.41, 5.74) is 1.32. The maximum atomic E-state index is 9.88. The number of isocyanates is 1. The normalized spacial score (nSPS) is 8.08. The zero-order valence-corrected chi connectivity index (χ0v) is 6.82. The summed E-state index contributed by atoms with van der Waals surface area (Å²) in [7, 11) is 0. The highest BCUT2D eigenvalue weighted by molar-refractivity contribution is 5.51. The van der Waals surface area contributed by atoms with Gasteiger partial charge in [-0.05, 0) is 24.3 Å². The number of aliphatic hydroxyl groups excluding tert-OH is 1. The molecule has 1 aromatic rings. The van der Waals surface area contributed by atoms with Gasteiger partial charge in [-0.15, -0.1) is 0 Å². The van der Waals surface area contributed by atoms with Crippen molar-refractivity contribution < 1.29 is 9.90 Å². The topological polar surface area (TPSA) is 49.7 Å². The zero-order chi connectivity index (χ0) is 9.52. The van der Waals surface area contributed by atoms with Crippen molar-refractivity contribution in [2.45, 2.75) is 0 Å². The fourth-order valence-electron chi connectivity index (χ4n) is 0.814. The zero-order valence-electron chi connectivity index (χ0n) is 6.82. The Hall–Kier alpha value is -1.88. The van der Waals surface area contributed by atoms with Crippen LogP contribution in [0.25, 0.3) is 0 Å². The Morgan fingerprint density at radius 1 is 1.31 bits per heavy atom. The van der Waals surface area contributed by atoms with Gasteiger partial charge in [0.2, 0.25) is 6.08 Å². The van der Waals surface area contributed by atoms with Crippen molar-refractivity contribution in [3.8, 4) is 11.8 Å². The van der Waals surface area contributed by atoms with E-state index in [0.29, 0.717) is 5.69 Å². The summed E-state index contributed by atoms with van der Waals surface area (Å²) < 4.78 is 0. The van der Waals surface area contributed by atoms with Gasteiger partial charge in [0.05, 0.1) is 5.69 Å². The maximum absolute atomic E-state index is 9.88. The first-order chi connectivity index (χ1) is 6.36. The smallest absolute Gasteiger partial charge is 0.240 e. The summed E-state index contributed by atoms with van der Waals surface area (Å²) in [4.78, 5) is 13.3. The van der Waals surface area contributed by atoms with Gasteiger partial charge >= 0.3 is 0 Å². The Balaban J connectivity index is 2.87. The molecule has 0 heterocycles. The van der Waals surface area contributed by atoms with Crippen molar-refractivity contribution in [1.29, 1.82) is 0 Å². The second-order valence-corrected chi connectivity index (χ2v) is 2.21. The first-order valence-electron chi connectivity index (χ1n) is 3.64. The lowest BCUT2D eigenvalue weighted by Gasteiger charge is -1.90. The molecule has 0 aliphatic rings. The first kappa shape index (κ1) is 9.21. The lowest BCUT2D eigenvalue weighted by Crippen LogP contribution is -1.75. The standard InChI is InChI=1S/C10H7NO2/c12-7-1-2-9-3-5-10(6-4-9)11-8-13/h3-6,12H,7H2. The highest BCUT2D eigenvalue weighted by Gasteiger charge is 1.88. The Labute approximate surface area is 75.7 Å². The van der Waals surface area contributed by atoms with Crippen LogP contribution >= 0.6 is 0 Å². The number of hydrogen-bond donors (Lipinski definition) is 1. The van der Waals surface area contributed by atoms with E-state index in [1.807, 2.05) is 0 Å². The minimum Gasteiger partial charge on any atom is -0.384 e. The molecule has 0 atom stereocenters. The lowest BCUT2D eigenvalue weighted by atomic mass is 10.2. The van der Waals surface area contributed by atoms with E-state index in [2.05, 4.69) is 16.8 Å². The maximum Gasteiger partial charge on any atom is 0.240 e. The van der Waals surface area contributed by atoms with Crippen molar-refractivity contribution in [3.05, 3.63) is 29.8 Å². The Bertz CT molecular complexity index is 378. The van der Waals surface area contributed by atoms with Crippen LogP contribution < -0.4 is 0 Å². The molecule has 0 bridgehead atoms. The molecule has 1 rings (SSSR count). The van der Waals surface area contributed by atoms with Crippen LogP contribution in [0.1, 0.15) is 5.56 Å². The minimum atomic E-state index is -0.158. The second-order valence-electron chi connectivity index (χ2n) is 2.21. The third kappa shape index (κ3) is 2.92. The van der Waals surface area contributed by atoms with Crippen LogP contribution in [0, 0.1) is 11.8 Å². The molecule has 1 aromatic carbocycles. The highest BCUT2D eigenvalue weighted by atomic mass is 16.2. The van der Waals surface area contributed by atoms with Gasteiger partial charge in [0.1, 0.15) is 6.61 Å². The summed E-state index contributed by atoms with van der Waals surface area (Å²) in [5.74, 6) is 5.24. The highest BCUT2D eigenvalue weighted by Crippen LogP contribution is 2.10. The van der Waals surface area contributed by atoms with Crippen LogP contribution in [0.15, 0.2) is 29.3 Å². The van der Waals surface area contributed by atoms with E-state index in [1.54, 1.807) is 24.3 Å². The van der Waals surface area contributed by atoms with Crippen LogP contribution in [-0.2, 0) is 4.79 Å². The van der Waals surface area contributed by atoms with E-state index in [1.165, 1.54) is 6.08 Å². The van der Waals surface area contributed by atoms with Gasteiger partial charge in [0.15, 0.2) is 0 Å². The average molecular weight is 173 g/mol. The SMILES string of the molecule is O=C=Nc1ccc(C#CCO)cc1. The van der Waals surface area contributed by atoms with Crippen LogP contribution in [0.4, 0.5) is 5.69 Å². The summed E-state index contributed by atoms with van der Waals surface area (Å²) in [6, 6.07) is 6.76. The summed E-state index contributed by atoms with van der Waals surface area (Å²) in [6.45, 7) is -0.158. The Kier molecular flexibility index (Phi) is 3.46. The fourth-order valence-corrected chi connectivity index (χ4v) is 0.814. The molecule has 0 fully saturated rings. The molecule has 64 valence electrons. The number of benzene rings is 1. The molecule has 0 spiro atoms. The molecule has 0 aliphatic carbocycles. The van der Waals surface area contributed by atoms with E-state index < -0.39 is 0 Å². The molecular formula is C10H7NO2. The fraction of sp³-hybridized carbons (Fsp3) is 0.100. The number of nitrogens with zero attached hydrogens (tertiary/aromatic N) is 1. The van der Waals surface area contributed by atoms with E-state index in [-0.39, 0.29) is 6.61 Å². The van der Waals surface area contributed by atoms with Gasteiger partial charge in [-0.2, -0.15) is 4.99 Å². The second kappa shape index (κ2) is 4.89. The molecule has 3 nitrogen and oxygen atoms in total. The van der Waals surface area contributed by atoms with Crippen LogP contribution in [-0.4, -0.2) is 17.8 Å². The molecule has 0 saturated carbocycles. The molecule has 0 aliphatic heterocycles. The molecule has 3 heteroatoms. The molecule has 1 N–H and O–H groups in total. The monoisotopic (exact) mass is 173 g/mol. The first-order valence-corrected chi connectivity index (χ1v) is 3.64. The molecule has 0 unspecified atom stereocenters. The van der Waals surface area contributed by atoms with Crippen molar-refractivity contribution >= 4 is 11.8 Å². The predicted octanol–water partition coefficient (Wildman–Crippen LogP) is 0.998. The third-order valence-electron chi connectivity index (χ3n) is 1.35. The van der Waals surface area contributed by atoms with Crippen LogP contribution in [0.2, 0.25) is 0 Å².